The molecule has 0 saturated carbocycles. The zero-order chi connectivity index (χ0) is 21.0. The summed E-state index contributed by atoms with van der Waals surface area (Å²) >= 11 is 2.66. The summed E-state index contributed by atoms with van der Waals surface area (Å²) in [5.74, 6) is -0.893. The van der Waals surface area contributed by atoms with Crippen molar-refractivity contribution >= 4 is 45.2 Å². The van der Waals surface area contributed by atoms with Crippen molar-refractivity contribution in [2.75, 3.05) is 12.4 Å². The molecule has 0 radical (unpaired) electrons. The van der Waals surface area contributed by atoms with Gasteiger partial charge in [0.25, 0.3) is 5.91 Å². The van der Waals surface area contributed by atoms with Gasteiger partial charge in [0.15, 0.2) is 4.80 Å². The second-order valence-corrected chi connectivity index (χ2v) is 8.49. The maximum absolute atomic E-state index is 13.0. The predicted molar refractivity (Wildman–Crippen MR) is 114 cm³/mol. The van der Waals surface area contributed by atoms with Crippen LogP contribution in [0.1, 0.15) is 18.1 Å². The first-order valence-corrected chi connectivity index (χ1v) is 10.9. The SMILES string of the molecule is CCOC(=O)Cn1c(=NC(=O)CSc2ccc(F)cc2)sc2cc(C)c(C)cc21. The Labute approximate surface area is 176 Å². The number of aryl methyl sites for hydroxylation is 2. The zero-order valence-corrected chi connectivity index (χ0v) is 18.0. The average molecular weight is 433 g/mol. The number of thioether (sulfide) groups is 1. The van der Waals surface area contributed by atoms with E-state index in [0.29, 0.717) is 11.4 Å². The smallest absolute Gasteiger partial charge is 0.326 e. The number of halogens is 1. The minimum absolute atomic E-state index is 0.00639. The van der Waals surface area contributed by atoms with Crippen molar-refractivity contribution in [3.8, 4) is 0 Å². The fourth-order valence-electron chi connectivity index (χ4n) is 2.71. The molecule has 1 heterocycles. The molecular weight excluding hydrogens is 411 g/mol. The number of hydrogen-bond acceptors (Lipinski definition) is 5. The molecule has 5 nitrogen and oxygen atoms in total. The first-order valence-electron chi connectivity index (χ1n) is 9.09. The number of esters is 1. The van der Waals surface area contributed by atoms with Crippen molar-refractivity contribution in [2.24, 2.45) is 4.99 Å². The lowest BCUT2D eigenvalue weighted by Gasteiger charge is -2.06. The Kier molecular flexibility index (Phi) is 6.87. The van der Waals surface area contributed by atoms with Crippen LogP contribution in [-0.4, -0.2) is 28.8 Å². The highest BCUT2D eigenvalue weighted by Crippen LogP contribution is 2.22. The van der Waals surface area contributed by atoms with Gasteiger partial charge < -0.3 is 9.30 Å². The number of aromatic nitrogens is 1. The predicted octanol–water partition coefficient (Wildman–Crippen LogP) is 4.24. The van der Waals surface area contributed by atoms with Crippen LogP contribution in [0.15, 0.2) is 46.3 Å². The molecule has 29 heavy (non-hydrogen) atoms. The number of fused-ring (bicyclic) bond motifs is 1. The Bertz CT molecular complexity index is 1120. The normalized spacial score (nSPS) is 11.8. The first kappa shape index (κ1) is 21.3. The number of carbonyl (C=O) groups excluding carboxylic acids is 2. The van der Waals surface area contributed by atoms with Crippen molar-refractivity contribution in [3.63, 3.8) is 0 Å². The van der Waals surface area contributed by atoms with Gasteiger partial charge in [-0.2, -0.15) is 4.99 Å². The Balaban J connectivity index is 1.92. The molecule has 0 bridgehead atoms. The van der Waals surface area contributed by atoms with Crippen LogP contribution in [0, 0.1) is 19.7 Å². The third-order valence-corrected chi connectivity index (χ3v) is 6.32. The fourth-order valence-corrected chi connectivity index (χ4v) is 4.52. The highest BCUT2D eigenvalue weighted by atomic mass is 32.2. The fraction of sp³-hybridized carbons (Fsp3) is 0.286. The van der Waals surface area contributed by atoms with Gasteiger partial charge in [-0.1, -0.05) is 11.3 Å². The van der Waals surface area contributed by atoms with Crippen LogP contribution in [-0.2, 0) is 20.9 Å². The van der Waals surface area contributed by atoms with Crippen molar-refractivity contribution in [1.82, 2.24) is 4.57 Å². The molecule has 0 unspecified atom stereocenters. The highest BCUT2D eigenvalue weighted by molar-refractivity contribution is 8.00. The van der Waals surface area contributed by atoms with E-state index in [9.17, 15) is 14.0 Å². The number of nitrogens with zero attached hydrogens (tertiary/aromatic N) is 2. The monoisotopic (exact) mass is 432 g/mol. The van der Waals surface area contributed by atoms with Crippen LogP contribution in [0.3, 0.4) is 0 Å². The van der Waals surface area contributed by atoms with Crippen LogP contribution >= 0.6 is 23.1 Å². The van der Waals surface area contributed by atoms with Gasteiger partial charge in [0, 0.05) is 4.90 Å². The summed E-state index contributed by atoms with van der Waals surface area (Å²) in [4.78, 5) is 30.0. The molecule has 0 aliphatic heterocycles. The number of benzene rings is 2. The molecule has 0 fully saturated rings. The van der Waals surface area contributed by atoms with Crippen LogP contribution in [0.5, 0.6) is 0 Å². The summed E-state index contributed by atoms with van der Waals surface area (Å²) in [5, 5.41) is 0. The molecule has 3 aromatic rings. The second kappa shape index (κ2) is 9.37. The van der Waals surface area contributed by atoms with Gasteiger partial charge in [0.2, 0.25) is 0 Å². The van der Waals surface area contributed by atoms with Gasteiger partial charge in [0.05, 0.1) is 22.6 Å². The third kappa shape index (κ3) is 5.33. The molecule has 152 valence electrons. The van der Waals surface area contributed by atoms with E-state index in [4.69, 9.17) is 4.74 Å². The molecule has 2 aromatic carbocycles. The summed E-state index contributed by atoms with van der Waals surface area (Å²) in [6.07, 6.45) is 0. The molecule has 0 aliphatic carbocycles. The molecule has 0 atom stereocenters. The lowest BCUT2D eigenvalue weighted by molar-refractivity contribution is -0.143. The largest absolute Gasteiger partial charge is 0.465 e. The van der Waals surface area contributed by atoms with Crippen LogP contribution in [0.2, 0.25) is 0 Å². The second-order valence-electron chi connectivity index (χ2n) is 6.43. The van der Waals surface area contributed by atoms with Crippen molar-refractivity contribution in [3.05, 3.63) is 58.1 Å². The third-order valence-electron chi connectivity index (χ3n) is 4.29. The standard InChI is InChI=1S/C21H21FN2O3S2/c1-4-27-20(26)11-24-17-9-13(2)14(3)10-18(17)29-21(24)23-19(25)12-28-16-7-5-15(22)6-8-16/h5-10H,4,11-12H2,1-3H3. The van der Waals surface area contributed by atoms with Gasteiger partial charge in [-0.05, 0) is 68.3 Å². The number of carbonyl (C=O) groups is 2. The molecule has 8 heteroatoms. The van der Waals surface area contributed by atoms with Crippen LogP contribution < -0.4 is 4.80 Å². The maximum atomic E-state index is 13.0. The molecule has 1 amide bonds. The summed E-state index contributed by atoms with van der Waals surface area (Å²) < 4.78 is 20.8. The number of hydrogen-bond donors (Lipinski definition) is 0. The van der Waals surface area contributed by atoms with E-state index in [-0.39, 0.29) is 30.0 Å². The summed E-state index contributed by atoms with van der Waals surface area (Å²) in [5.41, 5.74) is 3.08. The van der Waals surface area contributed by atoms with Gasteiger partial charge in [-0.25, -0.2) is 4.39 Å². The van der Waals surface area contributed by atoms with E-state index in [2.05, 4.69) is 4.99 Å². The van der Waals surface area contributed by atoms with E-state index in [0.717, 1.165) is 26.2 Å². The summed E-state index contributed by atoms with van der Waals surface area (Å²) in [6, 6.07) is 9.99. The lowest BCUT2D eigenvalue weighted by atomic mass is 10.1. The van der Waals surface area contributed by atoms with Crippen molar-refractivity contribution in [2.45, 2.75) is 32.2 Å². The topological polar surface area (TPSA) is 60.7 Å². The van der Waals surface area contributed by atoms with E-state index in [1.807, 2.05) is 26.0 Å². The van der Waals surface area contributed by atoms with E-state index < -0.39 is 0 Å². The maximum Gasteiger partial charge on any atom is 0.326 e. The average Bonchev–Trinajstić information content (AvgIpc) is 2.98. The summed E-state index contributed by atoms with van der Waals surface area (Å²) in [6.45, 7) is 6.06. The lowest BCUT2D eigenvalue weighted by Crippen LogP contribution is -2.23. The molecule has 3 rings (SSSR count). The first-order chi connectivity index (χ1) is 13.9. The number of ether oxygens (including phenoxy) is 1. The quantitative estimate of drug-likeness (QED) is 0.432. The zero-order valence-electron chi connectivity index (χ0n) is 16.4. The molecular formula is C21H21FN2O3S2. The van der Waals surface area contributed by atoms with E-state index >= 15 is 0 Å². The van der Waals surface area contributed by atoms with Crippen molar-refractivity contribution in [1.29, 1.82) is 0 Å². The van der Waals surface area contributed by atoms with Gasteiger partial charge in [0.1, 0.15) is 12.4 Å². The Morgan fingerprint density at radius 2 is 1.86 bits per heavy atom. The summed E-state index contributed by atoms with van der Waals surface area (Å²) in [7, 11) is 0. The molecule has 0 saturated heterocycles. The van der Waals surface area contributed by atoms with Gasteiger partial charge in [-0.3, -0.25) is 9.59 Å². The van der Waals surface area contributed by atoms with E-state index in [1.54, 1.807) is 23.6 Å². The molecule has 0 aliphatic rings. The van der Waals surface area contributed by atoms with Crippen LogP contribution in [0.4, 0.5) is 4.39 Å². The number of rotatable bonds is 6. The molecule has 0 spiro atoms. The highest BCUT2D eigenvalue weighted by Gasteiger charge is 2.13. The minimum atomic E-state index is -0.375. The van der Waals surface area contributed by atoms with Gasteiger partial charge in [-0.15, -0.1) is 11.8 Å². The van der Waals surface area contributed by atoms with Gasteiger partial charge >= 0.3 is 5.97 Å². The Morgan fingerprint density at radius 1 is 1.17 bits per heavy atom. The molecule has 0 N–H and O–H groups in total. The number of thiazole rings is 1. The van der Waals surface area contributed by atoms with E-state index in [1.165, 1.54) is 35.2 Å². The minimum Gasteiger partial charge on any atom is -0.465 e. The van der Waals surface area contributed by atoms with Crippen LogP contribution in [0.25, 0.3) is 10.2 Å². The Morgan fingerprint density at radius 3 is 2.55 bits per heavy atom. The number of amides is 1. The van der Waals surface area contributed by atoms with Crippen molar-refractivity contribution < 1.29 is 18.7 Å². The molecule has 1 aromatic heterocycles. The Hall–Kier alpha value is -2.45.